The highest BCUT2D eigenvalue weighted by Gasteiger charge is 2.41. The van der Waals surface area contributed by atoms with E-state index in [0.29, 0.717) is 47.5 Å². The minimum atomic E-state index is -0.694. The number of aromatic nitrogens is 1. The second-order valence-corrected chi connectivity index (χ2v) is 8.74. The number of carbonyl (C=O) groups is 2. The number of hydrogen-bond acceptors (Lipinski definition) is 5. The van der Waals surface area contributed by atoms with Crippen molar-refractivity contribution in [3.8, 4) is 5.88 Å². The van der Waals surface area contributed by atoms with Crippen molar-refractivity contribution in [2.75, 3.05) is 20.2 Å². The lowest BCUT2D eigenvalue weighted by Gasteiger charge is -2.41. The van der Waals surface area contributed by atoms with Crippen molar-refractivity contribution in [2.24, 2.45) is 0 Å². The standard InChI is InChI=1S/C24H26FN3O3/c1-14(28-23(29)19-5-3-4-6-20(19)24(28)30)18-7-8-21(26-22(18)31-2)15-11-17(12-15)27-10-9-16(25)13-27/h3-8,14-17H,9-13H2,1-2H3/t14-,15?,16+,17?/m0/s1. The molecule has 0 radical (unpaired) electrons. The molecular formula is C24H26FN3O3. The maximum Gasteiger partial charge on any atom is 0.262 e. The summed E-state index contributed by atoms with van der Waals surface area (Å²) < 4.78 is 19.0. The molecule has 2 aromatic rings. The van der Waals surface area contributed by atoms with Gasteiger partial charge in [-0.2, -0.15) is 0 Å². The molecule has 1 aromatic carbocycles. The summed E-state index contributed by atoms with van der Waals surface area (Å²) in [6.07, 6.45) is 1.88. The monoisotopic (exact) mass is 423 g/mol. The number of benzene rings is 1. The Balaban J connectivity index is 1.33. The third kappa shape index (κ3) is 3.31. The van der Waals surface area contributed by atoms with E-state index in [1.54, 1.807) is 31.4 Å². The number of ether oxygens (including phenoxy) is 1. The Morgan fingerprint density at radius 3 is 2.35 bits per heavy atom. The average molecular weight is 423 g/mol. The summed E-state index contributed by atoms with van der Waals surface area (Å²) in [5.74, 6) is 0.173. The first-order valence-corrected chi connectivity index (χ1v) is 10.9. The van der Waals surface area contributed by atoms with Gasteiger partial charge in [-0.15, -0.1) is 0 Å². The number of carbonyl (C=O) groups excluding carboxylic acids is 2. The van der Waals surface area contributed by atoms with E-state index < -0.39 is 12.2 Å². The molecule has 3 aliphatic rings. The molecule has 0 spiro atoms. The largest absolute Gasteiger partial charge is 0.481 e. The van der Waals surface area contributed by atoms with Gasteiger partial charge in [-0.05, 0) is 50.5 Å². The fourth-order valence-corrected chi connectivity index (χ4v) is 5.08. The number of halogens is 1. The normalized spacial score (nSPS) is 26.7. The molecule has 1 aromatic heterocycles. The van der Waals surface area contributed by atoms with E-state index in [9.17, 15) is 14.0 Å². The zero-order valence-electron chi connectivity index (χ0n) is 17.8. The van der Waals surface area contributed by atoms with Gasteiger partial charge in [0.1, 0.15) is 6.17 Å². The zero-order chi connectivity index (χ0) is 21.7. The van der Waals surface area contributed by atoms with Crippen molar-refractivity contribution in [3.05, 3.63) is 58.8 Å². The second kappa shape index (κ2) is 7.71. The summed E-state index contributed by atoms with van der Waals surface area (Å²) in [6, 6.07) is 10.7. The van der Waals surface area contributed by atoms with Crippen LogP contribution in [0.5, 0.6) is 5.88 Å². The summed E-state index contributed by atoms with van der Waals surface area (Å²) in [6.45, 7) is 3.21. The van der Waals surface area contributed by atoms with E-state index in [2.05, 4.69) is 4.90 Å². The molecule has 6 nitrogen and oxygen atoms in total. The Kier molecular flexibility index (Phi) is 5.01. The van der Waals surface area contributed by atoms with Gasteiger partial charge in [0.25, 0.3) is 11.8 Å². The maximum atomic E-state index is 13.5. The van der Waals surface area contributed by atoms with Gasteiger partial charge in [0.15, 0.2) is 0 Å². The van der Waals surface area contributed by atoms with Crippen LogP contribution in [0.4, 0.5) is 4.39 Å². The van der Waals surface area contributed by atoms with Crippen LogP contribution in [0.1, 0.15) is 70.1 Å². The van der Waals surface area contributed by atoms with Gasteiger partial charge < -0.3 is 4.74 Å². The van der Waals surface area contributed by atoms with Crippen molar-refractivity contribution in [2.45, 2.75) is 50.4 Å². The molecule has 5 rings (SSSR count). The summed E-state index contributed by atoms with van der Waals surface area (Å²) >= 11 is 0. The number of amides is 2. The van der Waals surface area contributed by atoms with Gasteiger partial charge in [-0.1, -0.05) is 12.1 Å². The highest BCUT2D eigenvalue weighted by Crippen LogP contribution is 2.42. The second-order valence-electron chi connectivity index (χ2n) is 8.74. The first-order chi connectivity index (χ1) is 15.0. The summed E-state index contributed by atoms with van der Waals surface area (Å²) in [4.78, 5) is 33.9. The molecule has 2 aliphatic heterocycles. The summed E-state index contributed by atoms with van der Waals surface area (Å²) in [5, 5.41) is 0. The smallest absolute Gasteiger partial charge is 0.262 e. The third-order valence-corrected chi connectivity index (χ3v) is 6.98. The van der Waals surface area contributed by atoms with Crippen LogP contribution in [0.3, 0.4) is 0 Å². The van der Waals surface area contributed by atoms with Crippen LogP contribution in [-0.4, -0.2) is 59.0 Å². The van der Waals surface area contributed by atoms with E-state index >= 15 is 0 Å². The Labute approximate surface area is 181 Å². The van der Waals surface area contributed by atoms with Gasteiger partial charge in [0, 0.05) is 36.3 Å². The molecule has 0 bridgehead atoms. The molecule has 0 unspecified atom stereocenters. The number of methoxy groups -OCH3 is 1. The van der Waals surface area contributed by atoms with Crippen LogP contribution in [-0.2, 0) is 0 Å². The van der Waals surface area contributed by atoms with Gasteiger partial charge in [0.05, 0.1) is 24.3 Å². The highest BCUT2D eigenvalue weighted by molar-refractivity contribution is 6.21. The number of rotatable bonds is 5. The first kappa shape index (κ1) is 20.1. The lowest BCUT2D eigenvalue weighted by atomic mass is 9.77. The molecule has 162 valence electrons. The van der Waals surface area contributed by atoms with Crippen molar-refractivity contribution in [1.29, 1.82) is 0 Å². The zero-order valence-corrected chi connectivity index (χ0v) is 17.8. The predicted molar refractivity (Wildman–Crippen MR) is 113 cm³/mol. The van der Waals surface area contributed by atoms with Gasteiger partial charge in [0.2, 0.25) is 5.88 Å². The number of imide groups is 1. The van der Waals surface area contributed by atoms with Gasteiger partial charge in [-0.25, -0.2) is 9.37 Å². The van der Waals surface area contributed by atoms with Crippen LogP contribution in [0.15, 0.2) is 36.4 Å². The molecule has 1 aliphatic carbocycles. The molecular weight excluding hydrogens is 397 g/mol. The molecule has 0 N–H and O–H groups in total. The van der Waals surface area contributed by atoms with Crippen LogP contribution >= 0.6 is 0 Å². The molecule has 2 amide bonds. The Morgan fingerprint density at radius 2 is 1.77 bits per heavy atom. The number of likely N-dealkylation sites (tertiary alicyclic amines) is 1. The van der Waals surface area contributed by atoms with E-state index in [0.717, 1.165) is 25.1 Å². The van der Waals surface area contributed by atoms with Crippen LogP contribution in [0, 0.1) is 0 Å². The molecule has 1 saturated carbocycles. The minimum absolute atomic E-state index is 0.294. The molecule has 2 atom stereocenters. The van der Waals surface area contributed by atoms with Gasteiger partial charge >= 0.3 is 0 Å². The van der Waals surface area contributed by atoms with Crippen molar-refractivity contribution >= 4 is 11.8 Å². The van der Waals surface area contributed by atoms with Gasteiger partial charge in [-0.3, -0.25) is 19.4 Å². The third-order valence-electron chi connectivity index (χ3n) is 6.98. The number of hydrogen-bond donors (Lipinski definition) is 0. The lowest BCUT2D eigenvalue weighted by Crippen LogP contribution is -2.42. The van der Waals surface area contributed by atoms with Crippen molar-refractivity contribution in [3.63, 3.8) is 0 Å². The van der Waals surface area contributed by atoms with E-state index in [-0.39, 0.29) is 11.8 Å². The quantitative estimate of drug-likeness (QED) is 0.686. The lowest BCUT2D eigenvalue weighted by molar-refractivity contribution is 0.0593. The number of pyridine rings is 1. The fraction of sp³-hybridized carbons (Fsp3) is 0.458. The minimum Gasteiger partial charge on any atom is -0.481 e. The van der Waals surface area contributed by atoms with E-state index in [1.807, 2.05) is 19.1 Å². The molecule has 31 heavy (non-hydrogen) atoms. The fourth-order valence-electron chi connectivity index (χ4n) is 5.08. The van der Waals surface area contributed by atoms with Crippen molar-refractivity contribution in [1.82, 2.24) is 14.8 Å². The molecule has 2 fully saturated rings. The Bertz CT molecular complexity index is 1000. The molecule has 3 heterocycles. The first-order valence-electron chi connectivity index (χ1n) is 10.9. The average Bonchev–Trinajstić information content (AvgIpc) is 3.28. The molecule has 7 heteroatoms. The van der Waals surface area contributed by atoms with E-state index in [1.165, 1.54) is 4.90 Å². The summed E-state index contributed by atoms with van der Waals surface area (Å²) in [5.41, 5.74) is 2.51. The molecule has 1 saturated heterocycles. The van der Waals surface area contributed by atoms with E-state index in [4.69, 9.17) is 9.72 Å². The number of fused-ring (bicyclic) bond motifs is 1. The SMILES string of the molecule is COc1nc(C2CC(N3CC[C@@H](F)C3)C2)ccc1[C@H](C)N1C(=O)c2ccccc2C1=O. The predicted octanol–water partition coefficient (Wildman–Crippen LogP) is 3.74. The van der Waals surface area contributed by atoms with Crippen LogP contribution < -0.4 is 4.74 Å². The van der Waals surface area contributed by atoms with Crippen molar-refractivity contribution < 1.29 is 18.7 Å². The number of alkyl halides is 1. The maximum absolute atomic E-state index is 13.5. The van der Waals surface area contributed by atoms with Crippen LogP contribution in [0.25, 0.3) is 0 Å². The highest BCUT2D eigenvalue weighted by atomic mass is 19.1. The Hall–Kier alpha value is -2.80. The topological polar surface area (TPSA) is 62.7 Å². The van der Waals surface area contributed by atoms with Crippen LogP contribution in [0.2, 0.25) is 0 Å². The number of nitrogens with zero attached hydrogens (tertiary/aromatic N) is 3. The summed E-state index contributed by atoms with van der Waals surface area (Å²) in [7, 11) is 1.56. The Morgan fingerprint density at radius 1 is 1.10 bits per heavy atom.